The minimum absolute atomic E-state index is 0.0163. The number of carbonyl (C=O) groups is 1. The average molecular weight is 342 g/mol. The van der Waals surface area contributed by atoms with E-state index in [4.69, 9.17) is 4.42 Å². The van der Waals surface area contributed by atoms with Crippen molar-refractivity contribution in [2.75, 3.05) is 23.4 Å². The van der Waals surface area contributed by atoms with E-state index in [2.05, 4.69) is 10.3 Å². The summed E-state index contributed by atoms with van der Waals surface area (Å²) in [6, 6.07) is 13.6. The van der Waals surface area contributed by atoms with Crippen LogP contribution in [0.4, 0.5) is 5.69 Å². The standard InChI is InChI=1S/C17H14N2O2S2/c20-16(10-23-17-18-7-8-22-17)19-11-5-6-15-13(9-11)12-3-1-2-4-14(12)21-15/h1-6,9H,7-8,10H2,(H,19,20). The summed E-state index contributed by atoms with van der Waals surface area (Å²) in [5, 5.41) is 5.02. The van der Waals surface area contributed by atoms with Crippen LogP contribution < -0.4 is 5.32 Å². The van der Waals surface area contributed by atoms with Crippen molar-refractivity contribution in [2.24, 2.45) is 4.99 Å². The van der Waals surface area contributed by atoms with Crippen molar-refractivity contribution in [2.45, 2.75) is 0 Å². The molecular formula is C17H14N2O2S2. The highest BCUT2D eigenvalue weighted by molar-refractivity contribution is 8.39. The molecule has 1 aliphatic heterocycles. The first-order chi connectivity index (χ1) is 11.3. The molecule has 23 heavy (non-hydrogen) atoms. The van der Waals surface area contributed by atoms with Gasteiger partial charge in [-0.15, -0.1) is 0 Å². The molecule has 1 N–H and O–H groups in total. The maximum atomic E-state index is 12.1. The molecular weight excluding hydrogens is 328 g/mol. The quantitative estimate of drug-likeness (QED) is 0.768. The molecule has 0 radical (unpaired) electrons. The number of benzene rings is 2. The van der Waals surface area contributed by atoms with Crippen LogP contribution in [0.1, 0.15) is 0 Å². The van der Waals surface area contributed by atoms with Crippen LogP contribution in [-0.2, 0) is 4.79 Å². The summed E-state index contributed by atoms with van der Waals surface area (Å²) in [5.74, 6) is 1.39. The van der Waals surface area contributed by atoms with Gasteiger partial charge in [-0.2, -0.15) is 0 Å². The van der Waals surface area contributed by atoms with Gasteiger partial charge in [0, 0.05) is 22.2 Å². The molecule has 0 fully saturated rings. The minimum atomic E-state index is -0.0163. The molecule has 116 valence electrons. The van der Waals surface area contributed by atoms with Gasteiger partial charge in [0.2, 0.25) is 5.91 Å². The molecule has 0 unspecified atom stereocenters. The third kappa shape index (κ3) is 3.09. The highest BCUT2D eigenvalue weighted by atomic mass is 32.2. The van der Waals surface area contributed by atoms with Gasteiger partial charge >= 0.3 is 0 Å². The van der Waals surface area contributed by atoms with Crippen molar-refractivity contribution in [1.82, 2.24) is 0 Å². The molecule has 0 bridgehead atoms. The second kappa shape index (κ2) is 6.29. The lowest BCUT2D eigenvalue weighted by atomic mass is 10.1. The smallest absolute Gasteiger partial charge is 0.234 e. The van der Waals surface area contributed by atoms with Gasteiger partial charge in [0.25, 0.3) is 0 Å². The number of nitrogens with one attached hydrogen (secondary N) is 1. The Morgan fingerprint density at radius 3 is 2.96 bits per heavy atom. The van der Waals surface area contributed by atoms with Gasteiger partial charge < -0.3 is 9.73 Å². The van der Waals surface area contributed by atoms with Crippen LogP contribution in [0.5, 0.6) is 0 Å². The maximum Gasteiger partial charge on any atom is 0.234 e. The fourth-order valence-corrected chi connectivity index (χ4v) is 4.34. The Balaban J connectivity index is 1.52. The Morgan fingerprint density at radius 2 is 2.09 bits per heavy atom. The number of aliphatic imine (C=N–C) groups is 1. The summed E-state index contributed by atoms with van der Waals surface area (Å²) in [6.07, 6.45) is 0. The predicted octanol–water partition coefficient (Wildman–Crippen LogP) is 4.36. The topological polar surface area (TPSA) is 54.6 Å². The number of anilines is 1. The molecule has 0 spiro atoms. The Bertz CT molecular complexity index is 917. The summed E-state index contributed by atoms with van der Waals surface area (Å²) >= 11 is 3.22. The first-order valence-corrected chi connectivity index (χ1v) is 9.28. The molecule has 4 rings (SSSR count). The molecule has 0 saturated heterocycles. The SMILES string of the molecule is O=C(CSC1=NCCS1)Nc1ccc2oc3ccccc3c2c1. The Kier molecular flexibility index (Phi) is 4.01. The number of amides is 1. The summed E-state index contributed by atoms with van der Waals surface area (Å²) in [7, 11) is 0. The molecule has 1 aliphatic rings. The highest BCUT2D eigenvalue weighted by Gasteiger charge is 2.12. The molecule has 3 aromatic rings. The zero-order chi connectivity index (χ0) is 15.6. The number of carbonyl (C=O) groups excluding carboxylic acids is 1. The summed E-state index contributed by atoms with van der Waals surface area (Å²) in [4.78, 5) is 16.4. The first kappa shape index (κ1) is 14.7. The third-order valence-corrected chi connectivity index (χ3v) is 5.80. The number of furan rings is 1. The van der Waals surface area contributed by atoms with Crippen LogP contribution in [0.2, 0.25) is 0 Å². The van der Waals surface area contributed by atoms with E-state index in [1.54, 1.807) is 11.8 Å². The Morgan fingerprint density at radius 1 is 1.22 bits per heavy atom. The van der Waals surface area contributed by atoms with E-state index in [1.165, 1.54) is 11.8 Å². The largest absolute Gasteiger partial charge is 0.456 e. The number of rotatable bonds is 3. The molecule has 1 amide bonds. The number of thioether (sulfide) groups is 2. The average Bonchev–Trinajstić information content (AvgIpc) is 3.20. The molecule has 1 aromatic heterocycles. The van der Waals surface area contributed by atoms with E-state index in [0.29, 0.717) is 5.75 Å². The zero-order valence-electron chi connectivity index (χ0n) is 12.2. The fourth-order valence-electron chi connectivity index (χ4n) is 2.53. The number of hydrogen-bond acceptors (Lipinski definition) is 5. The molecule has 4 nitrogen and oxygen atoms in total. The molecule has 2 aromatic carbocycles. The fraction of sp³-hybridized carbons (Fsp3) is 0.176. The van der Waals surface area contributed by atoms with Gasteiger partial charge in [-0.3, -0.25) is 9.79 Å². The lowest BCUT2D eigenvalue weighted by Crippen LogP contribution is -2.14. The molecule has 0 atom stereocenters. The van der Waals surface area contributed by atoms with Crippen molar-refractivity contribution < 1.29 is 9.21 Å². The third-order valence-electron chi connectivity index (χ3n) is 3.54. The molecule has 6 heteroatoms. The summed E-state index contributed by atoms with van der Waals surface area (Å²) in [6.45, 7) is 0.860. The minimum Gasteiger partial charge on any atom is -0.456 e. The van der Waals surface area contributed by atoms with Crippen LogP contribution >= 0.6 is 23.5 Å². The van der Waals surface area contributed by atoms with Gasteiger partial charge in [-0.1, -0.05) is 41.7 Å². The second-order valence-electron chi connectivity index (χ2n) is 5.14. The van der Waals surface area contributed by atoms with E-state index in [1.807, 2.05) is 42.5 Å². The van der Waals surface area contributed by atoms with Crippen LogP contribution in [0.3, 0.4) is 0 Å². The second-order valence-corrected chi connectivity index (χ2v) is 7.45. The van der Waals surface area contributed by atoms with E-state index in [-0.39, 0.29) is 5.91 Å². The van der Waals surface area contributed by atoms with E-state index < -0.39 is 0 Å². The lowest BCUT2D eigenvalue weighted by molar-refractivity contribution is -0.113. The molecule has 0 saturated carbocycles. The van der Waals surface area contributed by atoms with Crippen molar-refractivity contribution in [1.29, 1.82) is 0 Å². The zero-order valence-corrected chi connectivity index (χ0v) is 13.9. The predicted molar refractivity (Wildman–Crippen MR) is 99.6 cm³/mol. The van der Waals surface area contributed by atoms with Crippen molar-refractivity contribution in [3.8, 4) is 0 Å². The molecule has 0 aliphatic carbocycles. The number of para-hydroxylation sites is 1. The van der Waals surface area contributed by atoms with Crippen LogP contribution in [0.15, 0.2) is 51.9 Å². The number of nitrogens with zero attached hydrogens (tertiary/aromatic N) is 1. The van der Waals surface area contributed by atoms with Crippen LogP contribution in [-0.4, -0.2) is 28.3 Å². The van der Waals surface area contributed by atoms with Crippen LogP contribution in [0, 0.1) is 0 Å². The van der Waals surface area contributed by atoms with E-state index in [0.717, 1.165) is 44.3 Å². The van der Waals surface area contributed by atoms with Gasteiger partial charge in [0.15, 0.2) is 0 Å². The van der Waals surface area contributed by atoms with Crippen molar-refractivity contribution in [3.05, 3.63) is 42.5 Å². The summed E-state index contributed by atoms with van der Waals surface area (Å²) in [5.41, 5.74) is 2.48. The Labute approximate surface area is 141 Å². The molecule has 2 heterocycles. The monoisotopic (exact) mass is 342 g/mol. The van der Waals surface area contributed by atoms with Gasteiger partial charge in [0.1, 0.15) is 15.5 Å². The van der Waals surface area contributed by atoms with Gasteiger partial charge in [-0.25, -0.2) is 0 Å². The first-order valence-electron chi connectivity index (χ1n) is 7.31. The number of hydrogen-bond donors (Lipinski definition) is 1. The van der Waals surface area contributed by atoms with Crippen LogP contribution in [0.25, 0.3) is 21.9 Å². The van der Waals surface area contributed by atoms with E-state index in [9.17, 15) is 4.79 Å². The lowest BCUT2D eigenvalue weighted by Gasteiger charge is -2.05. The van der Waals surface area contributed by atoms with Gasteiger partial charge in [0.05, 0.1) is 12.3 Å². The number of fused-ring (bicyclic) bond motifs is 3. The normalized spacial score (nSPS) is 14.3. The van der Waals surface area contributed by atoms with Crippen molar-refractivity contribution in [3.63, 3.8) is 0 Å². The maximum absolute atomic E-state index is 12.1. The Hall–Kier alpha value is -1.92. The van der Waals surface area contributed by atoms with E-state index >= 15 is 0 Å². The highest BCUT2D eigenvalue weighted by Crippen LogP contribution is 2.30. The van der Waals surface area contributed by atoms with Gasteiger partial charge in [-0.05, 0) is 24.3 Å². The van der Waals surface area contributed by atoms with Crippen molar-refractivity contribution >= 4 is 61.4 Å². The summed E-state index contributed by atoms with van der Waals surface area (Å²) < 4.78 is 6.80.